The molecule has 0 aliphatic heterocycles. The summed E-state index contributed by atoms with van der Waals surface area (Å²) >= 11 is 0. The fraction of sp³-hybridized carbons (Fsp3) is 0.250. The monoisotopic (exact) mass is 287 g/mol. The van der Waals surface area contributed by atoms with E-state index in [-0.39, 0.29) is 0 Å². The average molecular weight is 287 g/mol. The number of hydrogen-bond donors (Lipinski definition) is 3. The van der Waals surface area contributed by atoms with Crippen molar-refractivity contribution in [1.82, 2.24) is 5.32 Å². The Bertz CT molecular complexity index is 556. The Morgan fingerprint density at radius 2 is 1.90 bits per heavy atom. The summed E-state index contributed by atoms with van der Waals surface area (Å²) in [5, 5.41) is 19.0. The number of carboxylic acids is 2. The van der Waals surface area contributed by atoms with Gasteiger partial charge < -0.3 is 10.2 Å². The molecule has 2 rings (SSSR count). The first kappa shape index (κ1) is 16.5. The number of aryl methyl sites for hydroxylation is 1. The largest absolute Gasteiger partial charge is 0.478 e. The minimum Gasteiger partial charge on any atom is -0.478 e. The Morgan fingerprint density at radius 3 is 2.48 bits per heavy atom. The maximum atomic E-state index is 9.55. The van der Waals surface area contributed by atoms with E-state index in [0.717, 1.165) is 0 Å². The fourth-order valence-corrected chi connectivity index (χ4v) is 2.09. The van der Waals surface area contributed by atoms with Crippen LogP contribution in [0, 0.1) is 12.3 Å². The molecular weight excluding hydrogens is 270 g/mol. The summed E-state index contributed by atoms with van der Waals surface area (Å²) in [6.45, 7) is 0.666. The van der Waals surface area contributed by atoms with Crippen LogP contribution in [0.2, 0.25) is 0 Å². The van der Waals surface area contributed by atoms with E-state index in [9.17, 15) is 9.59 Å². The SMILES string of the molecule is C#CCN[C@H]1CCc2ccccc21.O=C(O)/C=C/C(=O)O. The third-order valence-electron chi connectivity index (χ3n) is 2.95. The van der Waals surface area contributed by atoms with Crippen molar-refractivity contribution in [2.75, 3.05) is 6.54 Å². The summed E-state index contributed by atoms with van der Waals surface area (Å²) in [6.07, 6.45) is 8.69. The number of benzene rings is 1. The highest BCUT2D eigenvalue weighted by molar-refractivity contribution is 5.89. The van der Waals surface area contributed by atoms with Crippen molar-refractivity contribution in [2.45, 2.75) is 18.9 Å². The van der Waals surface area contributed by atoms with E-state index in [2.05, 4.69) is 35.5 Å². The van der Waals surface area contributed by atoms with Gasteiger partial charge in [0, 0.05) is 18.2 Å². The van der Waals surface area contributed by atoms with Gasteiger partial charge in [-0.2, -0.15) is 0 Å². The molecule has 0 unspecified atom stereocenters. The zero-order chi connectivity index (χ0) is 15.7. The third-order valence-corrected chi connectivity index (χ3v) is 2.95. The van der Waals surface area contributed by atoms with Crippen molar-refractivity contribution in [3.63, 3.8) is 0 Å². The minimum absolute atomic E-state index is 0.479. The quantitative estimate of drug-likeness (QED) is 0.578. The Balaban J connectivity index is 0.000000240. The lowest BCUT2D eigenvalue weighted by Gasteiger charge is -2.10. The lowest BCUT2D eigenvalue weighted by Crippen LogP contribution is -2.19. The highest BCUT2D eigenvalue weighted by Crippen LogP contribution is 2.30. The number of aliphatic carboxylic acids is 2. The van der Waals surface area contributed by atoms with Crippen molar-refractivity contribution in [3.05, 3.63) is 47.5 Å². The highest BCUT2D eigenvalue weighted by atomic mass is 16.4. The van der Waals surface area contributed by atoms with E-state index in [4.69, 9.17) is 16.6 Å². The highest BCUT2D eigenvalue weighted by Gasteiger charge is 2.20. The molecule has 5 heteroatoms. The van der Waals surface area contributed by atoms with Crippen LogP contribution in [0.1, 0.15) is 23.6 Å². The van der Waals surface area contributed by atoms with E-state index < -0.39 is 11.9 Å². The Hall–Kier alpha value is -2.58. The zero-order valence-electron chi connectivity index (χ0n) is 11.5. The van der Waals surface area contributed by atoms with Crippen molar-refractivity contribution in [3.8, 4) is 12.3 Å². The predicted molar refractivity (Wildman–Crippen MR) is 78.8 cm³/mol. The summed E-state index contributed by atoms with van der Waals surface area (Å²) in [5.74, 6) is 0.100. The molecule has 1 atom stereocenters. The first-order valence-electron chi connectivity index (χ1n) is 6.43. The molecule has 0 fully saturated rings. The molecule has 1 aliphatic rings. The molecule has 0 saturated carbocycles. The van der Waals surface area contributed by atoms with Crippen LogP contribution >= 0.6 is 0 Å². The van der Waals surface area contributed by atoms with Crippen LogP contribution in [-0.4, -0.2) is 28.7 Å². The van der Waals surface area contributed by atoms with E-state index in [1.54, 1.807) is 0 Å². The number of nitrogens with one attached hydrogen (secondary N) is 1. The van der Waals surface area contributed by atoms with Gasteiger partial charge in [-0.1, -0.05) is 30.2 Å². The second kappa shape index (κ2) is 8.56. The summed E-state index contributed by atoms with van der Waals surface area (Å²) in [7, 11) is 0. The molecule has 3 N–H and O–H groups in total. The lowest BCUT2D eigenvalue weighted by molar-refractivity contribution is -0.134. The number of fused-ring (bicyclic) bond motifs is 1. The van der Waals surface area contributed by atoms with Gasteiger partial charge in [-0.25, -0.2) is 9.59 Å². The molecule has 0 aromatic heterocycles. The number of rotatable bonds is 4. The molecule has 0 spiro atoms. The second-order valence-corrected chi connectivity index (χ2v) is 4.38. The number of carboxylic acid groups (broad SMARTS) is 2. The molecule has 110 valence electrons. The van der Waals surface area contributed by atoms with Crippen molar-refractivity contribution >= 4 is 11.9 Å². The number of hydrogen-bond acceptors (Lipinski definition) is 3. The zero-order valence-corrected chi connectivity index (χ0v) is 11.5. The van der Waals surface area contributed by atoms with E-state index >= 15 is 0 Å². The summed E-state index contributed by atoms with van der Waals surface area (Å²) in [5.41, 5.74) is 2.90. The van der Waals surface area contributed by atoms with Crippen molar-refractivity contribution in [1.29, 1.82) is 0 Å². The van der Waals surface area contributed by atoms with Gasteiger partial charge in [0.2, 0.25) is 0 Å². The van der Waals surface area contributed by atoms with Crippen LogP contribution in [0.4, 0.5) is 0 Å². The first-order valence-corrected chi connectivity index (χ1v) is 6.43. The Kier molecular flexibility index (Phi) is 6.72. The van der Waals surface area contributed by atoms with Crippen LogP contribution < -0.4 is 5.32 Å². The standard InChI is InChI=1S/C12H13N.C4H4O4/c1-2-9-13-12-8-7-10-5-3-4-6-11(10)12;5-3(6)1-2-4(7)8/h1,3-6,12-13H,7-9H2;1-2H,(H,5,6)(H,7,8)/b;2-1+/t12-;/m0./s1. The molecule has 1 aromatic carbocycles. The topological polar surface area (TPSA) is 86.6 Å². The van der Waals surface area contributed by atoms with Gasteiger partial charge in [0.25, 0.3) is 0 Å². The smallest absolute Gasteiger partial charge is 0.328 e. The molecule has 0 radical (unpaired) electrons. The van der Waals surface area contributed by atoms with E-state index in [1.807, 2.05) is 0 Å². The van der Waals surface area contributed by atoms with Crippen LogP contribution in [0.3, 0.4) is 0 Å². The van der Waals surface area contributed by atoms with Gasteiger partial charge in [-0.3, -0.25) is 5.32 Å². The molecule has 0 saturated heterocycles. The first-order chi connectivity index (χ1) is 10.0. The number of carbonyl (C=O) groups is 2. The van der Waals surface area contributed by atoms with Crippen molar-refractivity contribution in [2.24, 2.45) is 0 Å². The van der Waals surface area contributed by atoms with Gasteiger partial charge >= 0.3 is 11.9 Å². The maximum Gasteiger partial charge on any atom is 0.328 e. The second-order valence-electron chi connectivity index (χ2n) is 4.38. The molecule has 1 aliphatic carbocycles. The van der Waals surface area contributed by atoms with E-state index in [0.29, 0.717) is 24.7 Å². The Morgan fingerprint density at radius 1 is 1.29 bits per heavy atom. The van der Waals surface area contributed by atoms with Crippen LogP contribution in [0.15, 0.2) is 36.4 Å². The van der Waals surface area contributed by atoms with Crippen molar-refractivity contribution < 1.29 is 19.8 Å². The summed E-state index contributed by atoms with van der Waals surface area (Å²) < 4.78 is 0. The van der Waals surface area contributed by atoms with E-state index in [1.165, 1.54) is 24.0 Å². The van der Waals surface area contributed by atoms with Crippen LogP contribution in [0.25, 0.3) is 0 Å². The maximum absolute atomic E-state index is 9.55. The molecule has 1 aromatic rings. The number of terminal acetylenes is 1. The molecule has 0 bridgehead atoms. The van der Waals surface area contributed by atoms with Gasteiger partial charge in [-0.15, -0.1) is 6.42 Å². The molecule has 0 amide bonds. The molecule has 5 nitrogen and oxygen atoms in total. The van der Waals surface area contributed by atoms with Gasteiger partial charge in [-0.05, 0) is 24.0 Å². The van der Waals surface area contributed by atoms with Gasteiger partial charge in [0.1, 0.15) is 0 Å². The molecule has 0 heterocycles. The van der Waals surface area contributed by atoms with Crippen LogP contribution in [-0.2, 0) is 16.0 Å². The fourth-order valence-electron chi connectivity index (χ4n) is 2.09. The molecular formula is C16H17NO4. The minimum atomic E-state index is -1.26. The van der Waals surface area contributed by atoms with Gasteiger partial charge in [0.05, 0.1) is 6.54 Å². The van der Waals surface area contributed by atoms with Gasteiger partial charge in [0.15, 0.2) is 0 Å². The summed E-state index contributed by atoms with van der Waals surface area (Å²) in [6, 6.07) is 9.06. The predicted octanol–water partition coefficient (Wildman–Crippen LogP) is 1.61. The molecule has 21 heavy (non-hydrogen) atoms. The third kappa shape index (κ3) is 5.93. The average Bonchev–Trinajstić information content (AvgIpc) is 2.87. The Labute approximate surface area is 123 Å². The lowest BCUT2D eigenvalue weighted by atomic mass is 10.1. The van der Waals surface area contributed by atoms with Crippen LogP contribution in [0.5, 0.6) is 0 Å². The normalized spacial score (nSPS) is 15.7. The summed E-state index contributed by atoms with van der Waals surface area (Å²) in [4.78, 5) is 19.1.